The van der Waals surface area contributed by atoms with Gasteiger partial charge in [0.2, 0.25) is 0 Å². The molecule has 23 heavy (non-hydrogen) atoms. The van der Waals surface area contributed by atoms with Crippen LogP contribution in [0.4, 0.5) is 0 Å². The largest absolute Gasteiger partial charge is 0.370 e. The van der Waals surface area contributed by atoms with Crippen molar-refractivity contribution < 1.29 is 0 Å². The summed E-state index contributed by atoms with van der Waals surface area (Å²) in [7, 11) is 0. The molecule has 3 rings (SSSR count). The monoisotopic (exact) mass is 442 g/mol. The molecule has 0 spiro atoms. The molecule has 1 aromatic heterocycles. The molecular weight excluding hydrogens is 419 g/mol. The lowest BCUT2D eigenvalue weighted by Crippen LogP contribution is -2.41. The minimum atomic E-state index is 0. The van der Waals surface area contributed by atoms with E-state index < -0.39 is 0 Å². The summed E-state index contributed by atoms with van der Waals surface area (Å²) in [5, 5.41) is 6.42. The molecular formula is C17H23IN4S. The van der Waals surface area contributed by atoms with Crippen LogP contribution in [-0.2, 0) is 6.54 Å². The standard InChI is InChI=1S/C17H22N4S.HI/c18-17(21-14-9-5-2-6-10-14)19-11-15-12-22-16(20-15)13-7-3-1-4-8-13;/h1,3-4,7-8,12,14H,2,5-6,9-11H2,(H3,18,19,21);1H. The first-order chi connectivity index (χ1) is 10.8. The van der Waals surface area contributed by atoms with Crippen molar-refractivity contribution in [1.82, 2.24) is 10.3 Å². The number of hydrogen-bond acceptors (Lipinski definition) is 3. The molecule has 1 fully saturated rings. The lowest BCUT2D eigenvalue weighted by Gasteiger charge is -2.23. The third-order valence-electron chi connectivity index (χ3n) is 3.94. The maximum Gasteiger partial charge on any atom is 0.189 e. The molecule has 1 saturated carbocycles. The van der Waals surface area contributed by atoms with Gasteiger partial charge in [0.15, 0.2) is 5.96 Å². The van der Waals surface area contributed by atoms with Gasteiger partial charge in [-0.15, -0.1) is 35.3 Å². The van der Waals surface area contributed by atoms with E-state index in [1.54, 1.807) is 11.3 Å². The SMILES string of the molecule is I.NC(=NCc1csc(-c2ccccc2)n1)NC1CCCCC1. The number of hydrogen-bond donors (Lipinski definition) is 2. The van der Waals surface area contributed by atoms with E-state index in [1.807, 2.05) is 18.2 Å². The second-order valence-corrected chi connectivity index (χ2v) is 6.55. The third kappa shape index (κ3) is 5.46. The van der Waals surface area contributed by atoms with Gasteiger partial charge in [-0.3, -0.25) is 0 Å². The van der Waals surface area contributed by atoms with Gasteiger partial charge in [-0.1, -0.05) is 49.6 Å². The Bertz CT molecular complexity index is 621. The van der Waals surface area contributed by atoms with Crippen molar-refractivity contribution in [3.8, 4) is 10.6 Å². The molecule has 0 unspecified atom stereocenters. The number of aromatic nitrogens is 1. The van der Waals surface area contributed by atoms with E-state index >= 15 is 0 Å². The Hall–Kier alpha value is -1.15. The molecule has 6 heteroatoms. The van der Waals surface area contributed by atoms with Crippen LogP contribution in [0.15, 0.2) is 40.7 Å². The van der Waals surface area contributed by atoms with Crippen LogP contribution < -0.4 is 11.1 Å². The van der Waals surface area contributed by atoms with Gasteiger partial charge in [0.1, 0.15) is 5.01 Å². The van der Waals surface area contributed by atoms with Gasteiger partial charge >= 0.3 is 0 Å². The van der Waals surface area contributed by atoms with Gasteiger partial charge < -0.3 is 11.1 Å². The van der Waals surface area contributed by atoms with Gasteiger partial charge in [-0.05, 0) is 12.8 Å². The molecule has 1 aliphatic carbocycles. The Balaban J connectivity index is 0.00000192. The van der Waals surface area contributed by atoms with Crippen molar-refractivity contribution >= 4 is 41.3 Å². The summed E-state index contributed by atoms with van der Waals surface area (Å²) < 4.78 is 0. The zero-order valence-corrected chi connectivity index (χ0v) is 16.2. The van der Waals surface area contributed by atoms with Crippen LogP contribution in [0.2, 0.25) is 0 Å². The van der Waals surface area contributed by atoms with Crippen molar-refractivity contribution in [3.05, 3.63) is 41.4 Å². The van der Waals surface area contributed by atoms with Crippen LogP contribution in [0.25, 0.3) is 10.6 Å². The molecule has 0 atom stereocenters. The molecule has 1 aromatic carbocycles. The van der Waals surface area contributed by atoms with Crippen LogP contribution in [0.3, 0.4) is 0 Å². The molecule has 1 heterocycles. The molecule has 0 aliphatic heterocycles. The van der Waals surface area contributed by atoms with Crippen molar-refractivity contribution in [2.24, 2.45) is 10.7 Å². The molecule has 0 bridgehead atoms. The predicted octanol–water partition coefficient (Wildman–Crippen LogP) is 4.17. The average molecular weight is 442 g/mol. The number of nitrogens with two attached hydrogens (primary N) is 1. The van der Waals surface area contributed by atoms with Crippen LogP contribution in [-0.4, -0.2) is 17.0 Å². The topological polar surface area (TPSA) is 63.3 Å². The molecule has 124 valence electrons. The van der Waals surface area contributed by atoms with Crippen LogP contribution in [0, 0.1) is 0 Å². The zero-order chi connectivity index (χ0) is 15.2. The van der Waals surface area contributed by atoms with E-state index in [9.17, 15) is 0 Å². The van der Waals surface area contributed by atoms with Gasteiger partial charge in [-0.25, -0.2) is 9.98 Å². The summed E-state index contributed by atoms with van der Waals surface area (Å²) >= 11 is 1.65. The zero-order valence-electron chi connectivity index (χ0n) is 13.1. The Kier molecular flexibility index (Phi) is 7.29. The summed E-state index contributed by atoms with van der Waals surface area (Å²) in [5.74, 6) is 0.543. The second-order valence-electron chi connectivity index (χ2n) is 5.69. The number of halogens is 1. The van der Waals surface area contributed by atoms with Crippen LogP contribution in [0.5, 0.6) is 0 Å². The minimum Gasteiger partial charge on any atom is -0.370 e. The molecule has 0 saturated heterocycles. The highest BCUT2D eigenvalue weighted by Gasteiger charge is 2.13. The van der Waals surface area contributed by atoms with E-state index in [0.29, 0.717) is 18.5 Å². The maximum atomic E-state index is 5.98. The lowest BCUT2D eigenvalue weighted by atomic mass is 9.96. The fourth-order valence-corrected chi connectivity index (χ4v) is 3.58. The molecule has 0 amide bonds. The Morgan fingerprint density at radius 1 is 1.22 bits per heavy atom. The highest BCUT2D eigenvalue weighted by Crippen LogP contribution is 2.23. The lowest BCUT2D eigenvalue weighted by molar-refractivity contribution is 0.412. The van der Waals surface area contributed by atoms with Gasteiger partial charge in [0, 0.05) is 17.0 Å². The van der Waals surface area contributed by atoms with Gasteiger partial charge in [0.05, 0.1) is 12.2 Å². The maximum absolute atomic E-state index is 5.98. The quantitative estimate of drug-likeness (QED) is 0.425. The highest BCUT2D eigenvalue weighted by atomic mass is 127. The Labute approximate surface area is 158 Å². The predicted molar refractivity (Wildman–Crippen MR) is 108 cm³/mol. The summed E-state index contributed by atoms with van der Waals surface area (Å²) in [5.41, 5.74) is 8.10. The first kappa shape index (κ1) is 18.2. The van der Waals surface area contributed by atoms with Crippen LogP contribution in [0.1, 0.15) is 37.8 Å². The van der Waals surface area contributed by atoms with Gasteiger partial charge in [0.25, 0.3) is 0 Å². The van der Waals surface area contributed by atoms with Gasteiger partial charge in [-0.2, -0.15) is 0 Å². The van der Waals surface area contributed by atoms with E-state index in [0.717, 1.165) is 16.3 Å². The smallest absolute Gasteiger partial charge is 0.189 e. The van der Waals surface area contributed by atoms with E-state index in [2.05, 4.69) is 32.8 Å². The summed E-state index contributed by atoms with van der Waals surface area (Å²) in [6.45, 7) is 0.537. The molecule has 4 nitrogen and oxygen atoms in total. The summed E-state index contributed by atoms with van der Waals surface area (Å²) in [6, 6.07) is 10.7. The third-order valence-corrected chi connectivity index (χ3v) is 4.88. The molecule has 1 aliphatic rings. The fraction of sp³-hybridized carbons (Fsp3) is 0.412. The average Bonchev–Trinajstić information content (AvgIpc) is 3.04. The van der Waals surface area contributed by atoms with E-state index in [4.69, 9.17) is 5.73 Å². The number of thiazole rings is 1. The van der Waals surface area contributed by atoms with Crippen molar-refractivity contribution in [3.63, 3.8) is 0 Å². The first-order valence-electron chi connectivity index (χ1n) is 7.87. The highest BCUT2D eigenvalue weighted by molar-refractivity contribution is 14.0. The molecule has 3 N–H and O–H groups in total. The van der Waals surface area contributed by atoms with Crippen LogP contribution >= 0.6 is 35.3 Å². The molecule has 2 aromatic rings. The second kappa shape index (κ2) is 9.22. The summed E-state index contributed by atoms with van der Waals surface area (Å²) in [4.78, 5) is 9.05. The number of guanidine groups is 1. The van der Waals surface area contributed by atoms with E-state index in [-0.39, 0.29) is 24.0 Å². The fourth-order valence-electron chi connectivity index (χ4n) is 2.76. The van der Waals surface area contributed by atoms with E-state index in [1.165, 1.54) is 32.1 Å². The number of aliphatic imine (C=N–C) groups is 1. The number of rotatable bonds is 4. The van der Waals surface area contributed by atoms with Crippen molar-refractivity contribution in [2.75, 3.05) is 0 Å². The first-order valence-corrected chi connectivity index (χ1v) is 8.75. The summed E-state index contributed by atoms with van der Waals surface area (Å²) in [6.07, 6.45) is 6.32. The Morgan fingerprint density at radius 2 is 1.96 bits per heavy atom. The number of nitrogens with zero attached hydrogens (tertiary/aromatic N) is 2. The minimum absolute atomic E-state index is 0. The van der Waals surface area contributed by atoms with Crippen molar-refractivity contribution in [2.45, 2.75) is 44.7 Å². The molecule has 0 radical (unpaired) electrons. The normalized spacial score (nSPS) is 15.9. The Morgan fingerprint density at radius 3 is 2.70 bits per heavy atom. The van der Waals surface area contributed by atoms with Crippen molar-refractivity contribution in [1.29, 1.82) is 0 Å². The number of benzene rings is 1. The number of nitrogens with one attached hydrogen (secondary N) is 1.